The number of nitrogens with two attached hydrogens (primary N) is 1. The molecule has 0 spiro atoms. The van der Waals surface area contributed by atoms with Gasteiger partial charge in [-0.05, 0) is 62.7 Å². The van der Waals surface area contributed by atoms with E-state index in [-0.39, 0.29) is 0 Å². The number of carbonyl (C=O) groups excluding carboxylic acids is 1. The average molecular weight is 451 g/mol. The molecule has 0 saturated carbocycles. The number of benzene rings is 1. The van der Waals surface area contributed by atoms with Crippen LogP contribution >= 0.6 is 11.6 Å². The van der Waals surface area contributed by atoms with Crippen molar-refractivity contribution in [2.45, 2.75) is 32.3 Å². The van der Waals surface area contributed by atoms with E-state index >= 15 is 0 Å². The second kappa shape index (κ2) is 8.47. The maximum absolute atomic E-state index is 12.2. The van der Waals surface area contributed by atoms with E-state index in [1.54, 1.807) is 45.2 Å². The molecule has 0 radical (unpaired) electrons. The van der Waals surface area contributed by atoms with E-state index in [2.05, 4.69) is 15.3 Å². The van der Waals surface area contributed by atoms with Gasteiger partial charge in [0.25, 0.3) is 0 Å². The zero-order valence-corrected chi connectivity index (χ0v) is 18.7. The quantitative estimate of drug-likeness (QED) is 0.416. The van der Waals surface area contributed by atoms with Gasteiger partial charge in [-0.3, -0.25) is 9.88 Å². The highest BCUT2D eigenvalue weighted by atomic mass is 35.5. The van der Waals surface area contributed by atoms with Crippen molar-refractivity contribution in [1.82, 2.24) is 19.5 Å². The Morgan fingerprint density at radius 3 is 2.53 bits per heavy atom. The fraction of sp³-hybridized carbons (Fsp3) is 0.217. The molecule has 4 rings (SSSR count). The van der Waals surface area contributed by atoms with Gasteiger partial charge in [0.1, 0.15) is 22.8 Å². The van der Waals surface area contributed by atoms with Gasteiger partial charge in [-0.15, -0.1) is 11.6 Å². The second-order valence-corrected chi connectivity index (χ2v) is 8.44. The number of carbonyl (C=O) groups is 1. The lowest BCUT2D eigenvalue weighted by Gasteiger charge is -2.19. The third-order valence-corrected chi connectivity index (χ3v) is 4.87. The van der Waals surface area contributed by atoms with Crippen molar-refractivity contribution in [2.24, 2.45) is 0 Å². The summed E-state index contributed by atoms with van der Waals surface area (Å²) in [6, 6.07) is 14.9. The number of hydrogen-bond acceptors (Lipinski definition) is 6. The molecular weight excluding hydrogens is 428 g/mol. The second-order valence-electron chi connectivity index (χ2n) is 8.17. The summed E-state index contributed by atoms with van der Waals surface area (Å²) in [5, 5.41) is 2.68. The largest absolute Gasteiger partial charge is 0.444 e. The van der Waals surface area contributed by atoms with Gasteiger partial charge in [0.15, 0.2) is 11.5 Å². The van der Waals surface area contributed by atoms with E-state index in [0.29, 0.717) is 40.1 Å². The molecule has 0 bridgehead atoms. The van der Waals surface area contributed by atoms with E-state index < -0.39 is 11.7 Å². The van der Waals surface area contributed by atoms with Crippen LogP contribution in [0.2, 0.25) is 0 Å². The van der Waals surface area contributed by atoms with Crippen LogP contribution in [0.15, 0.2) is 54.7 Å². The lowest BCUT2D eigenvalue weighted by molar-refractivity contribution is 0.0635. The zero-order valence-electron chi connectivity index (χ0n) is 18.0. The number of hydrogen-bond donors (Lipinski definition) is 2. The molecule has 3 N–H and O–H groups in total. The number of alkyl halides is 1. The molecule has 1 aromatic carbocycles. The molecule has 0 unspecified atom stereocenters. The number of rotatable bonds is 4. The Labute approximate surface area is 190 Å². The number of anilines is 2. The molecule has 3 heterocycles. The van der Waals surface area contributed by atoms with Crippen molar-refractivity contribution in [1.29, 1.82) is 0 Å². The number of amides is 1. The van der Waals surface area contributed by atoms with Gasteiger partial charge in [-0.2, -0.15) is 0 Å². The number of halogens is 1. The molecule has 0 aliphatic rings. The van der Waals surface area contributed by atoms with E-state index in [4.69, 9.17) is 27.1 Å². The predicted molar refractivity (Wildman–Crippen MR) is 126 cm³/mol. The van der Waals surface area contributed by atoms with Gasteiger partial charge in [0.2, 0.25) is 0 Å². The molecule has 0 aliphatic heterocycles. The fourth-order valence-corrected chi connectivity index (χ4v) is 3.38. The molecule has 0 saturated heterocycles. The van der Waals surface area contributed by atoms with E-state index in [1.807, 2.05) is 34.9 Å². The number of ether oxygens (including phenoxy) is 1. The van der Waals surface area contributed by atoms with Crippen molar-refractivity contribution in [2.75, 3.05) is 11.1 Å². The molecule has 0 atom stereocenters. The van der Waals surface area contributed by atoms with Gasteiger partial charge < -0.3 is 10.5 Å². The molecule has 4 aromatic rings. The van der Waals surface area contributed by atoms with Crippen LogP contribution in [-0.4, -0.2) is 31.2 Å². The van der Waals surface area contributed by atoms with Gasteiger partial charge in [-0.25, -0.2) is 19.7 Å². The summed E-state index contributed by atoms with van der Waals surface area (Å²) < 4.78 is 7.21. The minimum absolute atomic E-state index is 0.344. The lowest BCUT2D eigenvalue weighted by Crippen LogP contribution is -2.27. The van der Waals surface area contributed by atoms with Gasteiger partial charge in [0.05, 0.1) is 5.56 Å². The SMILES string of the molecule is CC(C)(C)OC(=O)Nc1ccc2nc(-c3cccnc3N)n(-c3ccc(CCl)cc3)c2n1. The maximum atomic E-state index is 12.2. The third kappa shape index (κ3) is 4.50. The lowest BCUT2D eigenvalue weighted by atomic mass is 10.2. The van der Waals surface area contributed by atoms with Crippen molar-refractivity contribution in [3.63, 3.8) is 0 Å². The molecule has 32 heavy (non-hydrogen) atoms. The first-order valence-electron chi connectivity index (χ1n) is 10.0. The summed E-state index contributed by atoms with van der Waals surface area (Å²) in [7, 11) is 0. The number of fused-ring (bicyclic) bond motifs is 1. The number of nitrogens with one attached hydrogen (secondary N) is 1. The van der Waals surface area contributed by atoms with E-state index in [9.17, 15) is 4.79 Å². The van der Waals surface area contributed by atoms with E-state index in [1.165, 1.54) is 0 Å². The van der Waals surface area contributed by atoms with Crippen molar-refractivity contribution >= 4 is 40.5 Å². The molecule has 0 fully saturated rings. The molecular formula is C23H23ClN6O2. The molecule has 0 aliphatic carbocycles. The van der Waals surface area contributed by atoms with Crippen molar-refractivity contribution in [3.8, 4) is 17.1 Å². The summed E-state index contributed by atoms with van der Waals surface area (Å²) in [6.07, 6.45) is 1.04. The first kappa shape index (κ1) is 21.6. The Bertz CT molecular complexity index is 1280. The monoisotopic (exact) mass is 450 g/mol. The fourth-order valence-electron chi connectivity index (χ4n) is 3.20. The van der Waals surface area contributed by atoms with Crippen LogP contribution in [0.3, 0.4) is 0 Å². The minimum Gasteiger partial charge on any atom is -0.444 e. The Balaban J connectivity index is 1.86. The number of nitrogens with zero attached hydrogens (tertiary/aromatic N) is 4. The van der Waals surface area contributed by atoms with Gasteiger partial charge in [0, 0.05) is 17.8 Å². The van der Waals surface area contributed by atoms with Crippen LogP contribution < -0.4 is 11.1 Å². The molecule has 8 nitrogen and oxygen atoms in total. The summed E-state index contributed by atoms with van der Waals surface area (Å²) in [4.78, 5) is 25.8. The summed E-state index contributed by atoms with van der Waals surface area (Å²) in [5.41, 5.74) is 9.20. The molecule has 164 valence electrons. The standard InChI is InChI=1S/C23H23ClN6O2/c1-23(2,3)32-22(31)29-18-11-10-17-21(28-18)30(15-8-6-14(13-24)7-9-15)20(27-17)16-5-4-12-26-19(16)25/h4-12H,13H2,1-3H3,(H2,25,26)(H,28,29,31). The zero-order chi connectivity index (χ0) is 22.9. The predicted octanol–water partition coefficient (Wildman–Crippen LogP) is 5.15. The Morgan fingerprint density at radius 2 is 1.88 bits per heavy atom. The topological polar surface area (TPSA) is 108 Å². The highest BCUT2D eigenvalue weighted by Crippen LogP contribution is 2.31. The summed E-state index contributed by atoms with van der Waals surface area (Å²) in [5.74, 6) is 1.70. The normalized spacial score (nSPS) is 11.5. The number of aromatic nitrogens is 4. The Morgan fingerprint density at radius 1 is 1.12 bits per heavy atom. The van der Waals surface area contributed by atoms with Crippen LogP contribution in [0.4, 0.5) is 16.4 Å². The van der Waals surface area contributed by atoms with Gasteiger partial charge >= 0.3 is 6.09 Å². The maximum Gasteiger partial charge on any atom is 0.413 e. The highest BCUT2D eigenvalue weighted by Gasteiger charge is 2.20. The third-order valence-electron chi connectivity index (χ3n) is 4.56. The van der Waals surface area contributed by atoms with E-state index in [0.717, 1.165) is 11.3 Å². The summed E-state index contributed by atoms with van der Waals surface area (Å²) in [6.45, 7) is 5.40. The number of pyridine rings is 2. The number of imidazole rings is 1. The number of nitrogen functional groups attached to an aromatic ring is 1. The molecule has 1 amide bonds. The van der Waals surface area contributed by atoms with Crippen LogP contribution in [-0.2, 0) is 10.6 Å². The van der Waals surface area contributed by atoms with Crippen LogP contribution in [0.25, 0.3) is 28.2 Å². The Hall–Kier alpha value is -3.65. The first-order valence-corrected chi connectivity index (χ1v) is 10.5. The smallest absolute Gasteiger partial charge is 0.413 e. The first-order chi connectivity index (χ1) is 15.2. The highest BCUT2D eigenvalue weighted by molar-refractivity contribution is 6.17. The molecule has 3 aromatic heterocycles. The van der Waals surface area contributed by atoms with Crippen LogP contribution in [0, 0.1) is 0 Å². The molecule has 9 heteroatoms. The van der Waals surface area contributed by atoms with Crippen LogP contribution in [0.1, 0.15) is 26.3 Å². The van der Waals surface area contributed by atoms with Gasteiger partial charge in [-0.1, -0.05) is 12.1 Å². The average Bonchev–Trinajstić information content (AvgIpc) is 3.11. The summed E-state index contributed by atoms with van der Waals surface area (Å²) >= 11 is 5.95. The van der Waals surface area contributed by atoms with Crippen molar-refractivity contribution < 1.29 is 9.53 Å². The minimum atomic E-state index is -0.620. The van der Waals surface area contributed by atoms with Crippen molar-refractivity contribution in [3.05, 3.63) is 60.3 Å². The van der Waals surface area contributed by atoms with Crippen LogP contribution in [0.5, 0.6) is 0 Å². The Kier molecular flexibility index (Phi) is 5.71.